The molecule has 0 heterocycles. The Kier molecular flexibility index (Phi) is 49.7. The van der Waals surface area contributed by atoms with E-state index in [0.29, 0.717) is 50.1 Å². The molecule has 0 bridgehead atoms. The molecule has 6 aromatic carbocycles. The molecule has 0 aliphatic heterocycles. The van der Waals surface area contributed by atoms with Crippen LogP contribution in [0.5, 0.6) is 34.5 Å². The quantitative estimate of drug-likeness (QED) is 0.0178. The van der Waals surface area contributed by atoms with Crippen LogP contribution < -0.4 is 33.7 Å². The van der Waals surface area contributed by atoms with Crippen LogP contribution in [0.25, 0.3) is 0 Å². The fourth-order valence-electron chi connectivity index (χ4n) is 16.7. The minimum atomic E-state index is -0.403. The fourth-order valence-corrected chi connectivity index (χ4v) is 16.7. The molecule has 12 rings (SSSR count). The van der Waals surface area contributed by atoms with E-state index in [0.717, 1.165) is 267 Å². The molecule has 6 fully saturated rings. The Morgan fingerprint density at radius 2 is 0.521 bits per heavy atom. The molecule has 13 atom stereocenters. The zero-order valence-corrected chi connectivity index (χ0v) is 71.9. The predicted octanol–water partition coefficient (Wildman–Crippen LogP) is 23.0. The first kappa shape index (κ1) is 99.4. The second-order valence-electron chi connectivity index (χ2n) is 34.1. The van der Waals surface area contributed by atoms with E-state index in [-0.39, 0.29) is 37.9 Å². The lowest BCUT2D eigenvalue weighted by Gasteiger charge is -2.25. The Morgan fingerprint density at radius 1 is 0.282 bits per heavy atom. The van der Waals surface area contributed by atoms with Gasteiger partial charge in [-0.3, -0.25) is 0 Å². The van der Waals surface area contributed by atoms with E-state index in [2.05, 4.69) is 64.2 Å². The highest BCUT2D eigenvalue weighted by molar-refractivity contribution is 5.48. The number of hydrogen-bond acceptors (Lipinski definition) is 16. The average molecular weight is 1630 g/mol. The third-order valence-electron chi connectivity index (χ3n) is 23.6. The third-order valence-corrected chi connectivity index (χ3v) is 23.6. The van der Waals surface area contributed by atoms with Crippen molar-refractivity contribution in [2.24, 2.45) is 35.5 Å². The van der Waals surface area contributed by atoms with E-state index in [1.54, 1.807) is 0 Å². The third kappa shape index (κ3) is 40.2. The normalized spacial score (nSPS) is 22.0. The van der Waals surface area contributed by atoms with Gasteiger partial charge < -0.3 is 79.7 Å². The Balaban J connectivity index is 0.000000218. The summed E-state index contributed by atoms with van der Waals surface area (Å²) in [5.41, 5.74) is 5.82. The van der Waals surface area contributed by atoms with Gasteiger partial charge in [-0.25, -0.2) is 0 Å². The first-order valence-corrected chi connectivity index (χ1v) is 45.7. The summed E-state index contributed by atoms with van der Waals surface area (Å²) < 4.78 is 35.2. The highest BCUT2D eigenvalue weighted by Gasteiger charge is 2.26. The Morgan fingerprint density at radius 3 is 0.769 bits per heavy atom. The Hall–Kier alpha value is -6.44. The molecule has 16 heteroatoms. The molecule has 0 spiro atoms. The van der Waals surface area contributed by atoms with Crippen molar-refractivity contribution in [1.82, 2.24) is 0 Å². The highest BCUT2D eigenvalue weighted by Crippen LogP contribution is 2.35. The van der Waals surface area contributed by atoms with Crippen LogP contribution in [0.1, 0.15) is 338 Å². The van der Waals surface area contributed by atoms with Gasteiger partial charge >= 0.3 is 0 Å². The number of hydrogen-bond donors (Lipinski definition) is 10. The van der Waals surface area contributed by atoms with E-state index < -0.39 is 24.4 Å². The van der Waals surface area contributed by atoms with E-state index in [4.69, 9.17) is 28.4 Å². The van der Waals surface area contributed by atoms with Gasteiger partial charge in [0.2, 0.25) is 0 Å². The largest absolute Gasteiger partial charge is 0.493 e. The molecule has 6 aliphatic rings. The zero-order chi connectivity index (χ0) is 82.9. The maximum absolute atomic E-state index is 10.0. The molecule has 6 aliphatic carbocycles. The van der Waals surface area contributed by atoms with Gasteiger partial charge in [-0.15, -0.1) is 0 Å². The number of nitrogens with one attached hydrogen (secondary N) is 1. The lowest BCUT2D eigenvalue weighted by Crippen LogP contribution is -2.24. The van der Waals surface area contributed by atoms with Crippen molar-refractivity contribution in [3.05, 3.63) is 173 Å². The summed E-state index contributed by atoms with van der Waals surface area (Å²) in [4.78, 5) is 0. The van der Waals surface area contributed by atoms with Gasteiger partial charge in [0.05, 0.1) is 94.6 Å². The van der Waals surface area contributed by atoms with E-state index >= 15 is 0 Å². The van der Waals surface area contributed by atoms with Crippen molar-refractivity contribution in [1.29, 1.82) is 0 Å². The first-order chi connectivity index (χ1) is 56.4. The van der Waals surface area contributed by atoms with Gasteiger partial charge in [-0.1, -0.05) is 206 Å². The minimum absolute atomic E-state index is 0. The molecular weight excluding hydrogens is 1470 g/mol. The van der Waals surface area contributed by atoms with Gasteiger partial charge in [-0.05, 0) is 277 Å². The average Bonchev–Trinajstić information content (AvgIpc) is 0.890. The van der Waals surface area contributed by atoms with Crippen LogP contribution in [-0.2, 0) is 0 Å². The van der Waals surface area contributed by atoms with Crippen LogP contribution in [0.3, 0.4) is 0 Å². The van der Waals surface area contributed by atoms with Crippen molar-refractivity contribution in [2.45, 2.75) is 335 Å². The monoisotopic (exact) mass is 1620 g/mol. The Labute approximate surface area is 706 Å². The summed E-state index contributed by atoms with van der Waals surface area (Å²) in [5, 5.41) is 91.9. The van der Waals surface area contributed by atoms with Crippen LogP contribution in [0, 0.1) is 35.5 Å². The lowest BCUT2D eigenvalue weighted by molar-refractivity contribution is 0.0807. The molecule has 1 unspecified atom stereocenters. The second kappa shape index (κ2) is 58.5. The minimum Gasteiger partial charge on any atom is -0.493 e. The zero-order valence-electron chi connectivity index (χ0n) is 71.9. The molecule has 656 valence electrons. The smallest absolute Gasteiger partial charge is 0.121 e. The van der Waals surface area contributed by atoms with Crippen molar-refractivity contribution >= 4 is 5.69 Å². The van der Waals surface area contributed by atoms with Crippen LogP contribution >= 0.6 is 0 Å². The van der Waals surface area contributed by atoms with Crippen molar-refractivity contribution in [2.75, 3.05) is 51.5 Å². The molecule has 6 aromatic rings. The van der Waals surface area contributed by atoms with Crippen LogP contribution in [0.4, 0.5) is 5.69 Å². The van der Waals surface area contributed by atoms with Gasteiger partial charge in [0.15, 0.2) is 0 Å². The molecule has 6 saturated carbocycles. The highest BCUT2D eigenvalue weighted by atomic mass is 16.5. The number of anilines is 1. The van der Waals surface area contributed by atoms with Gasteiger partial charge in [0.1, 0.15) is 34.5 Å². The summed E-state index contributed by atoms with van der Waals surface area (Å²) in [5.74, 6) is 8.44. The lowest BCUT2D eigenvalue weighted by atomic mass is 9.88. The van der Waals surface area contributed by atoms with Crippen LogP contribution in [0.15, 0.2) is 146 Å². The number of aliphatic hydroxyl groups is 9. The summed E-state index contributed by atoms with van der Waals surface area (Å²) in [6.07, 6.45) is 35.8. The molecule has 0 amide bonds. The van der Waals surface area contributed by atoms with Crippen molar-refractivity contribution in [3.8, 4) is 34.5 Å². The SMILES string of the molecule is C.CCC(O)c1cccc(OCC2CCCCC2)c1.CCCNc1cccc(OCC2CCCCC2)c1.CCC[C@@H](O)c1cccc(OC[C@@H]2CCC[C@@H](O)C2)c1.CCC[C@@H](O)c1cccc(OC[C@@H]2CCC[C@H](O)C2)c1.CCC[C@@H](O)c1cccc(OC[C@H]2CCC[C@@H](O)C2)c1.CCC[C@@H](O)c1cccc(OC[C@H]2CCC[C@H](O)C2)c1. The van der Waals surface area contributed by atoms with Crippen LogP contribution in [0.2, 0.25) is 0 Å². The van der Waals surface area contributed by atoms with Crippen molar-refractivity contribution in [3.63, 3.8) is 0 Å². The maximum atomic E-state index is 10.0. The van der Waals surface area contributed by atoms with E-state index in [1.807, 2.05) is 128 Å². The molecule has 10 N–H and O–H groups in total. The van der Waals surface area contributed by atoms with Gasteiger partial charge in [-0.2, -0.15) is 0 Å². The topological polar surface area (TPSA) is 249 Å². The second-order valence-corrected chi connectivity index (χ2v) is 34.1. The van der Waals surface area contributed by atoms with Crippen molar-refractivity contribution < 1.29 is 74.4 Å². The molecule has 0 saturated heterocycles. The molecule has 117 heavy (non-hydrogen) atoms. The number of aliphatic hydroxyl groups excluding tert-OH is 9. The predicted molar refractivity (Wildman–Crippen MR) is 477 cm³/mol. The summed E-state index contributed by atoms with van der Waals surface area (Å²) >= 11 is 0. The number of benzene rings is 6. The molecule has 0 radical (unpaired) electrons. The molecule has 0 aromatic heterocycles. The Bertz CT molecular complexity index is 3180. The number of rotatable bonds is 35. The van der Waals surface area contributed by atoms with Crippen LogP contribution in [-0.4, -0.2) is 117 Å². The van der Waals surface area contributed by atoms with Gasteiger partial charge in [0, 0.05) is 18.3 Å². The summed E-state index contributed by atoms with van der Waals surface area (Å²) in [6.45, 7) is 17.8. The van der Waals surface area contributed by atoms with Gasteiger partial charge in [0.25, 0.3) is 0 Å². The molecule has 16 nitrogen and oxygen atoms in total. The standard InChI is InChI=1S/4C17H26O3.C16H25NO.C16H24O2.CH4/c4*1-2-5-17(19)14-7-4-9-16(11-14)20-12-13-6-3-8-15(18)10-13;1-2-11-17-15-9-6-10-16(12-15)18-13-14-7-4-3-5-8-14;1-2-16(17)14-9-6-10-15(11-14)18-12-13-7-4-3-5-8-13;/h4*4,7,9,11,13,15,17-19H,2-3,5-6,8,10,12H2,1H3;6,9-10,12,14,17H,2-5,7-8,11,13H2,1H3;6,9-11,13,16-17H,2-5,7-8,12H2,1H3;1H4/t13-,15+,17+;13-,15+,17-;13-,15-,17+;13-,15-,17-;;;/m0101.../s1. The van der Waals surface area contributed by atoms with E-state index in [1.165, 1.54) is 64.2 Å². The summed E-state index contributed by atoms with van der Waals surface area (Å²) in [6, 6.07) is 47.1. The maximum Gasteiger partial charge on any atom is 0.121 e. The number of ether oxygens (including phenoxy) is 6. The summed E-state index contributed by atoms with van der Waals surface area (Å²) in [7, 11) is 0. The first-order valence-electron chi connectivity index (χ1n) is 45.7. The molecular formula is C101H157NO15. The van der Waals surface area contributed by atoms with E-state index in [9.17, 15) is 46.0 Å². The fraction of sp³-hybridized carbons (Fsp3) is 0.644.